The van der Waals surface area contributed by atoms with Crippen molar-refractivity contribution in [2.45, 2.75) is 45.8 Å². The monoisotopic (exact) mass is 371 g/mol. The van der Waals surface area contributed by atoms with Crippen LogP contribution in [0.1, 0.15) is 33.6 Å². The van der Waals surface area contributed by atoms with E-state index in [1.54, 1.807) is 4.90 Å². The summed E-state index contributed by atoms with van der Waals surface area (Å²) in [6.07, 6.45) is 4.34. The van der Waals surface area contributed by atoms with Gasteiger partial charge >= 0.3 is 6.09 Å². The van der Waals surface area contributed by atoms with E-state index < -0.39 is 5.60 Å². The van der Waals surface area contributed by atoms with Crippen molar-refractivity contribution in [2.75, 3.05) is 31.1 Å². The molecule has 6 heteroatoms. The molecule has 1 amide bonds. The summed E-state index contributed by atoms with van der Waals surface area (Å²) in [4.78, 5) is 16.3. The number of carbonyl (C=O) groups excluding carboxylic acids is 1. The Morgan fingerprint density at radius 3 is 2.52 bits per heavy atom. The van der Waals surface area contributed by atoms with Crippen molar-refractivity contribution in [1.29, 1.82) is 0 Å². The summed E-state index contributed by atoms with van der Waals surface area (Å²) < 4.78 is 7.44. The Hall–Kier alpha value is -2.37. The predicted molar refractivity (Wildman–Crippen MR) is 106 cm³/mol. The van der Waals surface area contributed by atoms with Gasteiger partial charge in [0.25, 0.3) is 0 Å². The molecule has 1 saturated heterocycles. The van der Waals surface area contributed by atoms with Crippen molar-refractivity contribution >= 4 is 22.6 Å². The molecule has 4 rings (SSSR count). The summed E-state index contributed by atoms with van der Waals surface area (Å²) in [6.45, 7) is 9.37. The number of hydrogen-bond acceptors (Lipinski definition) is 4. The van der Waals surface area contributed by atoms with Crippen LogP contribution >= 0.6 is 0 Å². The molecule has 1 aromatic carbocycles. The molecule has 1 aliphatic heterocycles. The second-order valence-corrected chi connectivity index (χ2v) is 8.77. The molecule has 2 aliphatic rings. The molecule has 2 heterocycles. The summed E-state index contributed by atoms with van der Waals surface area (Å²) in [5.41, 5.74) is 0.621. The van der Waals surface area contributed by atoms with Gasteiger partial charge in [0.1, 0.15) is 5.60 Å². The third-order valence-corrected chi connectivity index (χ3v) is 5.29. The predicted octanol–water partition coefficient (Wildman–Crippen LogP) is 3.81. The normalized spacial score (nSPS) is 18.2. The minimum Gasteiger partial charge on any atom is -0.494 e. The van der Waals surface area contributed by atoms with Crippen LogP contribution in [0.4, 0.5) is 10.5 Å². The number of nitrogens with zero attached hydrogens (tertiary/aromatic N) is 3. The number of aromatic hydroxyl groups is 1. The molecule has 0 atom stereocenters. The molecule has 0 bridgehead atoms. The number of fused-ring (bicyclic) bond motifs is 1. The molecule has 1 aliphatic carbocycles. The van der Waals surface area contributed by atoms with Gasteiger partial charge in [-0.25, -0.2) is 4.79 Å². The standard InChI is InChI=1S/C21H29N3O3/c1-21(2,3)27-20(26)23-10-8-22(9-11-23)17-7-6-16-14-24(13-15-4-5-15)19(25)18(16)12-17/h6-7,12,14-15,25H,4-5,8-11,13H2,1-3H3. The average molecular weight is 371 g/mol. The molecule has 1 aromatic heterocycles. The Bertz CT molecular complexity index is 840. The first-order valence-corrected chi connectivity index (χ1v) is 9.85. The molecular formula is C21H29N3O3. The number of rotatable bonds is 3. The van der Waals surface area contributed by atoms with Gasteiger partial charge < -0.3 is 24.2 Å². The Kier molecular flexibility index (Phi) is 4.44. The van der Waals surface area contributed by atoms with E-state index in [9.17, 15) is 9.90 Å². The summed E-state index contributed by atoms with van der Waals surface area (Å²) in [7, 11) is 0. The van der Waals surface area contributed by atoms with Crippen LogP contribution in [-0.2, 0) is 11.3 Å². The Balaban J connectivity index is 1.44. The lowest BCUT2D eigenvalue weighted by Crippen LogP contribution is -2.50. The van der Waals surface area contributed by atoms with Gasteiger partial charge in [-0.05, 0) is 51.7 Å². The van der Waals surface area contributed by atoms with Crippen LogP contribution in [0, 0.1) is 5.92 Å². The van der Waals surface area contributed by atoms with Gasteiger partial charge in [-0.2, -0.15) is 0 Å². The number of benzene rings is 1. The fourth-order valence-corrected chi connectivity index (χ4v) is 3.62. The maximum absolute atomic E-state index is 12.2. The third-order valence-electron chi connectivity index (χ3n) is 5.29. The van der Waals surface area contributed by atoms with E-state index >= 15 is 0 Å². The van der Waals surface area contributed by atoms with Gasteiger partial charge in [0.05, 0.1) is 0 Å². The minimum absolute atomic E-state index is 0.243. The zero-order valence-corrected chi connectivity index (χ0v) is 16.4. The highest BCUT2D eigenvalue weighted by atomic mass is 16.6. The van der Waals surface area contributed by atoms with Gasteiger partial charge in [-0.1, -0.05) is 6.07 Å². The lowest BCUT2D eigenvalue weighted by molar-refractivity contribution is 0.0240. The molecule has 0 radical (unpaired) electrons. The molecule has 0 spiro atoms. The SMILES string of the molecule is CC(C)(C)OC(=O)N1CCN(c2ccc3cn(CC4CC4)c(O)c3c2)CC1. The lowest BCUT2D eigenvalue weighted by atomic mass is 10.1. The lowest BCUT2D eigenvalue weighted by Gasteiger charge is -2.36. The topological polar surface area (TPSA) is 57.9 Å². The first-order chi connectivity index (χ1) is 12.8. The molecule has 6 nitrogen and oxygen atoms in total. The van der Waals surface area contributed by atoms with Crippen molar-refractivity contribution in [2.24, 2.45) is 5.92 Å². The number of amides is 1. The largest absolute Gasteiger partial charge is 0.494 e. The van der Waals surface area contributed by atoms with Gasteiger partial charge in [-0.15, -0.1) is 0 Å². The Morgan fingerprint density at radius 1 is 1.19 bits per heavy atom. The van der Waals surface area contributed by atoms with Crippen molar-refractivity contribution < 1.29 is 14.6 Å². The van der Waals surface area contributed by atoms with E-state index in [1.807, 2.05) is 31.5 Å². The Labute approximate surface area is 160 Å². The first kappa shape index (κ1) is 18.0. The van der Waals surface area contributed by atoms with Crippen LogP contribution in [0.5, 0.6) is 5.88 Å². The van der Waals surface area contributed by atoms with Crippen LogP contribution in [0.25, 0.3) is 10.8 Å². The summed E-state index contributed by atoms with van der Waals surface area (Å²) in [5.74, 6) is 1.09. The number of piperazine rings is 1. The van der Waals surface area contributed by atoms with E-state index in [0.29, 0.717) is 19.0 Å². The minimum atomic E-state index is -0.468. The van der Waals surface area contributed by atoms with E-state index in [4.69, 9.17) is 4.74 Å². The quantitative estimate of drug-likeness (QED) is 0.891. The van der Waals surface area contributed by atoms with Crippen molar-refractivity contribution in [3.63, 3.8) is 0 Å². The fourth-order valence-electron chi connectivity index (χ4n) is 3.62. The van der Waals surface area contributed by atoms with Crippen LogP contribution in [0.3, 0.4) is 0 Å². The maximum Gasteiger partial charge on any atom is 0.410 e. The van der Waals surface area contributed by atoms with Crippen LogP contribution < -0.4 is 4.90 Å². The van der Waals surface area contributed by atoms with Crippen LogP contribution in [0.2, 0.25) is 0 Å². The fraction of sp³-hybridized carbons (Fsp3) is 0.571. The second kappa shape index (κ2) is 6.66. The zero-order chi connectivity index (χ0) is 19.2. The molecule has 0 unspecified atom stereocenters. The number of hydrogen-bond donors (Lipinski definition) is 1. The summed E-state index contributed by atoms with van der Waals surface area (Å²) in [5, 5.41) is 12.6. The number of aromatic nitrogens is 1. The second-order valence-electron chi connectivity index (χ2n) is 8.77. The van der Waals surface area contributed by atoms with Crippen LogP contribution in [0.15, 0.2) is 24.4 Å². The van der Waals surface area contributed by atoms with E-state index in [-0.39, 0.29) is 6.09 Å². The number of anilines is 1. The number of ether oxygens (including phenoxy) is 1. The molecule has 1 saturated carbocycles. The molecule has 1 N–H and O–H groups in total. The highest BCUT2D eigenvalue weighted by Crippen LogP contribution is 2.36. The molecule has 146 valence electrons. The van der Waals surface area contributed by atoms with Gasteiger partial charge in [-0.3, -0.25) is 0 Å². The van der Waals surface area contributed by atoms with E-state index in [1.165, 1.54) is 12.8 Å². The zero-order valence-electron chi connectivity index (χ0n) is 16.4. The highest BCUT2D eigenvalue weighted by Gasteiger charge is 2.27. The van der Waals surface area contributed by atoms with Crippen molar-refractivity contribution in [1.82, 2.24) is 9.47 Å². The van der Waals surface area contributed by atoms with Gasteiger partial charge in [0.2, 0.25) is 0 Å². The maximum atomic E-state index is 12.2. The average Bonchev–Trinajstić information content (AvgIpc) is 3.38. The van der Waals surface area contributed by atoms with E-state index in [2.05, 4.69) is 23.1 Å². The summed E-state index contributed by atoms with van der Waals surface area (Å²) in [6, 6.07) is 6.25. The van der Waals surface area contributed by atoms with Crippen molar-refractivity contribution in [3.8, 4) is 5.88 Å². The smallest absolute Gasteiger partial charge is 0.410 e. The number of carbonyl (C=O) groups is 1. The molecule has 27 heavy (non-hydrogen) atoms. The van der Waals surface area contributed by atoms with Crippen molar-refractivity contribution in [3.05, 3.63) is 24.4 Å². The molecule has 2 fully saturated rings. The molecular weight excluding hydrogens is 342 g/mol. The van der Waals surface area contributed by atoms with Gasteiger partial charge in [0, 0.05) is 55.4 Å². The van der Waals surface area contributed by atoms with Gasteiger partial charge in [0.15, 0.2) is 5.88 Å². The summed E-state index contributed by atoms with van der Waals surface area (Å²) >= 11 is 0. The Morgan fingerprint density at radius 2 is 1.89 bits per heavy atom. The molecule has 2 aromatic rings. The third kappa shape index (κ3) is 3.99. The van der Waals surface area contributed by atoms with E-state index in [0.717, 1.165) is 42.0 Å². The first-order valence-electron chi connectivity index (χ1n) is 9.85. The van der Waals surface area contributed by atoms with Crippen LogP contribution in [-0.4, -0.2) is 52.4 Å². The highest BCUT2D eigenvalue weighted by molar-refractivity contribution is 5.90.